The predicted molar refractivity (Wildman–Crippen MR) is 147 cm³/mol. The molecule has 0 saturated carbocycles. The zero-order chi connectivity index (χ0) is 27.5. The number of pyridine rings is 1. The van der Waals surface area contributed by atoms with Crippen molar-refractivity contribution in [3.05, 3.63) is 46.6 Å². The zero-order valence-corrected chi connectivity index (χ0v) is 23.3. The number of aryl methyl sites for hydroxylation is 2. The molecule has 1 aliphatic rings. The minimum absolute atomic E-state index is 0.0469. The van der Waals surface area contributed by atoms with Crippen LogP contribution in [0.5, 0.6) is 0 Å². The van der Waals surface area contributed by atoms with E-state index < -0.39 is 17.9 Å². The van der Waals surface area contributed by atoms with Gasteiger partial charge in [0, 0.05) is 31.5 Å². The number of nitrogens with zero attached hydrogens (tertiary/aromatic N) is 4. The van der Waals surface area contributed by atoms with Crippen molar-refractivity contribution in [3.8, 4) is 0 Å². The number of fused-ring (bicyclic) bond motifs is 1. The van der Waals surface area contributed by atoms with Crippen molar-refractivity contribution in [1.29, 1.82) is 0 Å². The molecular formula is C27H39ClN6O4. The first-order valence-electron chi connectivity index (χ1n) is 13.2. The molecule has 208 valence electrons. The number of aliphatic carboxylic acids is 1. The first kappa shape index (κ1) is 29.7. The number of anilines is 1. The fourth-order valence-electron chi connectivity index (χ4n) is 4.24. The molecule has 0 fully saturated rings. The van der Waals surface area contributed by atoms with E-state index in [0.717, 1.165) is 56.7 Å². The van der Waals surface area contributed by atoms with Crippen LogP contribution in [-0.4, -0.2) is 81.3 Å². The molecule has 1 amide bonds. The maximum absolute atomic E-state index is 12.5. The fourth-order valence-corrected chi connectivity index (χ4v) is 4.43. The second kappa shape index (κ2) is 14.4. The van der Waals surface area contributed by atoms with E-state index in [2.05, 4.69) is 37.6 Å². The summed E-state index contributed by atoms with van der Waals surface area (Å²) in [6.07, 6.45) is 7.73. The van der Waals surface area contributed by atoms with Crippen molar-refractivity contribution >= 4 is 29.3 Å². The van der Waals surface area contributed by atoms with Gasteiger partial charge in [0.2, 0.25) is 0 Å². The summed E-state index contributed by atoms with van der Waals surface area (Å²) < 4.78 is 5.90. The largest absolute Gasteiger partial charge is 0.480 e. The second-order valence-corrected chi connectivity index (χ2v) is 10.9. The van der Waals surface area contributed by atoms with Crippen LogP contribution in [0.25, 0.3) is 0 Å². The standard InChI is InChI=1S/C27H39ClN6O4/c1-27(2,3)38-16-15-34(13-5-4-8-20-10-9-19-7-6-12-30-24(19)32-20)14-11-22(26(36)37)33-25(35)23-21(28)17-29-18-31-23/h9-10,17-18,22H,4-8,11-16H2,1-3H3,(H,30,32)(H,33,35)(H,36,37)/t22-/m0/s1. The van der Waals surface area contributed by atoms with Gasteiger partial charge in [0.15, 0.2) is 0 Å². The Morgan fingerprint density at radius 3 is 2.79 bits per heavy atom. The normalized spacial score (nSPS) is 14.0. The molecule has 2 aromatic heterocycles. The maximum atomic E-state index is 12.5. The van der Waals surface area contributed by atoms with E-state index in [9.17, 15) is 14.7 Å². The highest BCUT2D eigenvalue weighted by Gasteiger charge is 2.24. The number of nitrogens with one attached hydrogen (secondary N) is 2. The molecule has 1 atom stereocenters. The number of carboxylic acid groups (broad SMARTS) is 1. The number of hydrogen-bond donors (Lipinski definition) is 3. The molecule has 3 rings (SSSR count). The number of rotatable bonds is 14. The number of unbranched alkanes of at least 4 members (excludes halogenated alkanes) is 1. The van der Waals surface area contributed by atoms with Gasteiger partial charge in [-0.1, -0.05) is 17.7 Å². The Morgan fingerprint density at radius 2 is 2.05 bits per heavy atom. The summed E-state index contributed by atoms with van der Waals surface area (Å²) in [6.45, 7) is 9.46. The van der Waals surface area contributed by atoms with Gasteiger partial charge >= 0.3 is 5.97 Å². The molecule has 2 aromatic rings. The number of aromatic nitrogens is 3. The number of ether oxygens (including phenoxy) is 1. The molecule has 38 heavy (non-hydrogen) atoms. The van der Waals surface area contributed by atoms with Crippen LogP contribution >= 0.6 is 11.6 Å². The van der Waals surface area contributed by atoms with Crippen LogP contribution in [0.1, 0.15) is 68.2 Å². The van der Waals surface area contributed by atoms with Gasteiger partial charge in [-0.2, -0.15) is 0 Å². The monoisotopic (exact) mass is 546 g/mol. The van der Waals surface area contributed by atoms with E-state index in [1.807, 2.05) is 20.8 Å². The number of halogens is 1. The van der Waals surface area contributed by atoms with Gasteiger partial charge in [-0.25, -0.2) is 19.7 Å². The van der Waals surface area contributed by atoms with Crippen molar-refractivity contribution in [2.45, 2.75) is 70.9 Å². The highest BCUT2D eigenvalue weighted by Crippen LogP contribution is 2.20. The molecule has 3 N–H and O–H groups in total. The first-order chi connectivity index (χ1) is 18.1. The van der Waals surface area contributed by atoms with Crippen LogP contribution in [0.4, 0.5) is 5.82 Å². The number of carboxylic acids is 1. The van der Waals surface area contributed by atoms with Gasteiger partial charge in [-0.05, 0) is 77.5 Å². The Bertz CT molecular complexity index is 1080. The van der Waals surface area contributed by atoms with Gasteiger partial charge in [-0.15, -0.1) is 0 Å². The van der Waals surface area contributed by atoms with Gasteiger partial charge in [0.05, 0.1) is 17.2 Å². The third-order valence-electron chi connectivity index (χ3n) is 6.27. The van der Waals surface area contributed by atoms with E-state index >= 15 is 0 Å². The van der Waals surface area contributed by atoms with Gasteiger partial charge < -0.3 is 25.4 Å². The second-order valence-electron chi connectivity index (χ2n) is 10.5. The lowest BCUT2D eigenvalue weighted by atomic mass is 10.1. The average molecular weight is 547 g/mol. The Hall–Kier alpha value is -2.82. The Labute approximate surface area is 229 Å². The maximum Gasteiger partial charge on any atom is 0.326 e. The zero-order valence-electron chi connectivity index (χ0n) is 22.5. The van der Waals surface area contributed by atoms with Gasteiger partial charge in [-0.3, -0.25) is 4.79 Å². The minimum atomic E-state index is -1.11. The number of amides is 1. The topological polar surface area (TPSA) is 130 Å². The summed E-state index contributed by atoms with van der Waals surface area (Å²) in [6, 6.07) is 3.21. The Kier molecular flexibility index (Phi) is 11.2. The molecule has 0 bridgehead atoms. The molecule has 0 radical (unpaired) electrons. The van der Waals surface area contributed by atoms with Crippen LogP contribution in [-0.2, 0) is 22.4 Å². The molecule has 3 heterocycles. The lowest BCUT2D eigenvalue weighted by Gasteiger charge is -2.27. The van der Waals surface area contributed by atoms with Crippen molar-refractivity contribution in [2.24, 2.45) is 0 Å². The number of hydrogen-bond acceptors (Lipinski definition) is 8. The van der Waals surface area contributed by atoms with Crippen molar-refractivity contribution < 1.29 is 19.4 Å². The van der Waals surface area contributed by atoms with Crippen molar-refractivity contribution in [3.63, 3.8) is 0 Å². The molecular weight excluding hydrogens is 508 g/mol. The van der Waals surface area contributed by atoms with Gasteiger partial charge in [0.1, 0.15) is 23.9 Å². The first-order valence-corrected chi connectivity index (χ1v) is 13.6. The third-order valence-corrected chi connectivity index (χ3v) is 6.55. The van der Waals surface area contributed by atoms with Gasteiger partial charge in [0.25, 0.3) is 5.91 Å². The van der Waals surface area contributed by atoms with E-state index in [0.29, 0.717) is 19.7 Å². The highest BCUT2D eigenvalue weighted by molar-refractivity contribution is 6.33. The fraction of sp³-hybridized carbons (Fsp3) is 0.593. The highest BCUT2D eigenvalue weighted by atomic mass is 35.5. The van der Waals surface area contributed by atoms with Crippen LogP contribution in [0.3, 0.4) is 0 Å². The molecule has 0 aliphatic carbocycles. The molecule has 0 spiro atoms. The summed E-state index contributed by atoms with van der Waals surface area (Å²) in [5, 5.41) is 15.7. The summed E-state index contributed by atoms with van der Waals surface area (Å²) in [5.41, 5.74) is 2.06. The summed E-state index contributed by atoms with van der Waals surface area (Å²) in [5.74, 6) is -0.735. The molecule has 0 unspecified atom stereocenters. The van der Waals surface area contributed by atoms with Crippen molar-refractivity contribution in [1.82, 2.24) is 25.2 Å². The Balaban J connectivity index is 1.53. The quantitative estimate of drug-likeness (QED) is 0.304. The van der Waals surface area contributed by atoms with E-state index in [1.165, 1.54) is 18.1 Å². The van der Waals surface area contributed by atoms with Crippen LogP contribution in [0, 0.1) is 0 Å². The summed E-state index contributed by atoms with van der Waals surface area (Å²) in [4.78, 5) is 39.0. The SMILES string of the molecule is CC(C)(C)OCCN(CCCCc1ccc2c(n1)NCCC2)CC[C@H](NC(=O)c1ncncc1Cl)C(=O)O. The molecule has 0 saturated heterocycles. The molecule has 11 heteroatoms. The summed E-state index contributed by atoms with van der Waals surface area (Å²) >= 11 is 5.99. The average Bonchev–Trinajstić information content (AvgIpc) is 2.87. The number of carbonyl (C=O) groups excluding carboxylic acids is 1. The summed E-state index contributed by atoms with van der Waals surface area (Å²) in [7, 11) is 0. The van der Waals surface area contributed by atoms with Crippen LogP contribution in [0.2, 0.25) is 5.02 Å². The van der Waals surface area contributed by atoms with E-state index in [1.54, 1.807) is 0 Å². The third kappa shape index (κ3) is 9.81. The minimum Gasteiger partial charge on any atom is -0.480 e. The lowest BCUT2D eigenvalue weighted by Crippen LogP contribution is -2.44. The van der Waals surface area contributed by atoms with Crippen molar-refractivity contribution in [2.75, 3.05) is 38.1 Å². The smallest absolute Gasteiger partial charge is 0.326 e. The molecule has 1 aliphatic heterocycles. The molecule has 10 nitrogen and oxygen atoms in total. The number of carbonyl (C=O) groups is 2. The van der Waals surface area contributed by atoms with E-state index in [-0.39, 0.29) is 22.7 Å². The van der Waals surface area contributed by atoms with Crippen LogP contribution < -0.4 is 10.6 Å². The van der Waals surface area contributed by atoms with E-state index in [4.69, 9.17) is 21.3 Å². The van der Waals surface area contributed by atoms with Crippen LogP contribution in [0.15, 0.2) is 24.7 Å². The lowest BCUT2D eigenvalue weighted by molar-refractivity contribution is -0.139. The molecule has 0 aromatic carbocycles. The Morgan fingerprint density at radius 1 is 1.24 bits per heavy atom. The predicted octanol–water partition coefficient (Wildman–Crippen LogP) is 3.60.